The molecule has 2 aromatic carbocycles. The van der Waals surface area contributed by atoms with Crippen LogP contribution < -0.4 is 10.1 Å². The number of halogens is 3. The number of carbonyl (C=O) groups is 2. The number of alkyl halides is 3. The number of carboxylic acids is 1. The van der Waals surface area contributed by atoms with Gasteiger partial charge in [-0.25, -0.2) is 13.2 Å². The SMILES string of the molecule is CC(C)(C)OC(=O)NCCC[C@@H](Cc1ccccc1)N(CC(=O)O)S(=O)(=O)c1ccccc1OC(F)(F)F. The van der Waals surface area contributed by atoms with Gasteiger partial charge in [0.05, 0.1) is 0 Å². The first-order valence-electron chi connectivity index (χ1n) is 11.7. The summed E-state index contributed by atoms with van der Waals surface area (Å²) < 4.78 is 75.9. The summed E-state index contributed by atoms with van der Waals surface area (Å²) in [5.74, 6) is -2.46. The predicted molar refractivity (Wildman–Crippen MR) is 132 cm³/mol. The van der Waals surface area contributed by atoms with E-state index in [4.69, 9.17) is 4.74 Å². The zero-order chi connectivity index (χ0) is 28.6. The van der Waals surface area contributed by atoms with Gasteiger partial charge < -0.3 is 19.9 Å². The van der Waals surface area contributed by atoms with Crippen LogP contribution in [0.25, 0.3) is 0 Å². The zero-order valence-electron chi connectivity index (χ0n) is 21.2. The van der Waals surface area contributed by atoms with Gasteiger partial charge in [-0.1, -0.05) is 42.5 Å². The number of alkyl carbamates (subject to hydrolysis) is 1. The first kappa shape index (κ1) is 30.9. The van der Waals surface area contributed by atoms with E-state index in [0.29, 0.717) is 9.87 Å². The summed E-state index contributed by atoms with van der Waals surface area (Å²) in [6, 6.07) is 11.8. The van der Waals surface area contributed by atoms with Gasteiger partial charge in [-0.2, -0.15) is 4.31 Å². The van der Waals surface area contributed by atoms with Gasteiger partial charge in [-0.05, 0) is 57.7 Å². The lowest BCUT2D eigenvalue weighted by atomic mass is 10.0. The molecule has 0 aromatic heterocycles. The zero-order valence-corrected chi connectivity index (χ0v) is 22.0. The minimum atomic E-state index is -5.17. The molecule has 0 aliphatic rings. The number of aliphatic carboxylic acids is 1. The fourth-order valence-corrected chi connectivity index (χ4v) is 5.34. The normalized spacial score (nSPS) is 13.1. The molecule has 0 radical (unpaired) electrons. The Kier molecular flexibility index (Phi) is 10.5. The van der Waals surface area contributed by atoms with Crippen LogP contribution in [0.2, 0.25) is 0 Å². The molecule has 0 heterocycles. The highest BCUT2D eigenvalue weighted by Gasteiger charge is 2.38. The van der Waals surface area contributed by atoms with Crippen LogP contribution in [0.5, 0.6) is 5.75 Å². The molecule has 0 unspecified atom stereocenters. The van der Waals surface area contributed by atoms with Crippen molar-refractivity contribution in [3.63, 3.8) is 0 Å². The second-order valence-corrected chi connectivity index (χ2v) is 11.2. The van der Waals surface area contributed by atoms with Gasteiger partial charge in [0.25, 0.3) is 0 Å². The second kappa shape index (κ2) is 13.0. The molecular weight excluding hydrogens is 529 g/mol. The van der Waals surface area contributed by atoms with E-state index in [1.807, 2.05) is 0 Å². The van der Waals surface area contributed by atoms with Crippen LogP contribution in [0.1, 0.15) is 39.2 Å². The molecule has 0 fully saturated rings. The number of hydrogen-bond acceptors (Lipinski definition) is 6. The Labute approximate surface area is 219 Å². The number of amides is 1. The molecule has 2 aromatic rings. The van der Waals surface area contributed by atoms with Gasteiger partial charge in [0.15, 0.2) is 0 Å². The Hall–Kier alpha value is -3.32. The van der Waals surface area contributed by atoms with Crippen molar-refractivity contribution in [1.82, 2.24) is 9.62 Å². The molecule has 2 rings (SSSR count). The highest BCUT2D eigenvalue weighted by atomic mass is 32.2. The number of nitrogens with one attached hydrogen (secondary N) is 1. The Morgan fingerprint density at radius 1 is 1.03 bits per heavy atom. The van der Waals surface area contributed by atoms with Crippen molar-refractivity contribution in [3.05, 3.63) is 60.2 Å². The van der Waals surface area contributed by atoms with Gasteiger partial charge in [0.1, 0.15) is 22.8 Å². The third-order valence-corrected chi connectivity index (χ3v) is 6.99. The van der Waals surface area contributed by atoms with E-state index in [2.05, 4.69) is 10.1 Å². The van der Waals surface area contributed by atoms with E-state index in [-0.39, 0.29) is 25.8 Å². The summed E-state index contributed by atoms with van der Waals surface area (Å²) in [6.07, 6.45) is -5.46. The van der Waals surface area contributed by atoms with Gasteiger partial charge >= 0.3 is 18.4 Å². The molecule has 13 heteroatoms. The molecule has 0 aliphatic heterocycles. The maximum absolute atomic E-state index is 13.6. The third-order valence-electron chi connectivity index (χ3n) is 5.06. The maximum atomic E-state index is 13.6. The Morgan fingerprint density at radius 3 is 2.21 bits per heavy atom. The predicted octanol–water partition coefficient (Wildman–Crippen LogP) is 4.58. The first-order valence-corrected chi connectivity index (χ1v) is 13.1. The van der Waals surface area contributed by atoms with Gasteiger partial charge in [-0.3, -0.25) is 4.79 Å². The van der Waals surface area contributed by atoms with Gasteiger partial charge in [-0.15, -0.1) is 13.2 Å². The Balaban J connectivity index is 2.39. The number of benzene rings is 2. The maximum Gasteiger partial charge on any atom is 0.573 e. The number of carbonyl (C=O) groups excluding carboxylic acids is 1. The summed E-state index contributed by atoms with van der Waals surface area (Å²) in [7, 11) is -4.78. The highest BCUT2D eigenvalue weighted by Crippen LogP contribution is 2.33. The van der Waals surface area contributed by atoms with E-state index in [0.717, 1.165) is 12.1 Å². The summed E-state index contributed by atoms with van der Waals surface area (Å²) >= 11 is 0. The molecule has 2 N–H and O–H groups in total. The molecular formula is C25H31F3N2O7S. The highest BCUT2D eigenvalue weighted by molar-refractivity contribution is 7.89. The summed E-state index contributed by atoms with van der Waals surface area (Å²) in [5, 5.41) is 12.1. The van der Waals surface area contributed by atoms with Gasteiger partial charge in [0.2, 0.25) is 10.0 Å². The lowest BCUT2D eigenvalue weighted by Crippen LogP contribution is -2.45. The molecule has 1 atom stereocenters. The van der Waals surface area contributed by atoms with Crippen LogP contribution in [-0.4, -0.2) is 61.0 Å². The van der Waals surface area contributed by atoms with Crippen molar-refractivity contribution in [2.75, 3.05) is 13.1 Å². The van der Waals surface area contributed by atoms with Crippen LogP contribution in [-0.2, 0) is 26.0 Å². The number of hydrogen-bond donors (Lipinski definition) is 2. The van der Waals surface area contributed by atoms with Crippen molar-refractivity contribution in [3.8, 4) is 5.75 Å². The second-order valence-electron chi connectivity index (χ2n) is 9.35. The summed E-state index contributed by atoms with van der Waals surface area (Å²) in [4.78, 5) is 22.8. The van der Waals surface area contributed by atoms with Gasteiger partial charge in [0, 0.05) is 12.6 Å². The Morgan fingerprint density at radius 2 is 1.63 bits per heavy atom. The van der Waals surface area contributed by atoms with Crippen LogP contribution in [0.3, 0.4) is 0 Å². The molecule has 0 saturated carbocycles. The van der Waals surface area contributed by atoms with Crippen LogP contribution in [0.15, 0.2) is 59.5 Å². The average molecular weight is 561 g/mol. The summed E-state index contributed by atoms with van der Waals surface area (Å²) in [6.45, 7) is 4.17. The standard InChI is InChI=1S/C25H31F3N2O7S/c1-24(2,3)37-23(33)29-15-9-12-19(16-18-10-5-4-6-11-18)30(17-22(31)32)38(34,35)21-14-8-7-13-20(21)36-25(26,27)28/h4-8,10-11,13-14,19H,9,12,15-17H2,1-3H3,(H,29,33)(H,31,32)/t19-/m0/s1. The van der Waals surface area contributed by atoms with Crippen molar-refractivity contribution in [1.29, 1.82) is 0 Å². The van der Waals surface area contributed by atoms with Crippen molar-refractivity contribution in [2.45, 2.75) is 62.9 Å². The average Bonchev–Trinajstić information content (AvgIpc) is 2.78. The number of ether oxygens (including phenoxy) is 2. The lowest BCUT2D eigenvalue weighted by Gasteiger charge is -2.30. The van der Waals surface area contributed by atoms with Crippen molar-refractivity contribution in [2.24, 2.45) is 0 Å². The smallest absolute Gasteiger partial charge is 0.480 e. The van der Waals surface area contributed by atoms with Crippen LogP contribution in [0.4, 0.5) is 18.0 Å². The minimum absolute atomic E-state index is 0.0715. The van der Waals surface area contributed by atoms with E-state index >= 15 is 0 Å². The molecule has 210 valence electrons. The number of carboxylic acid groups (broad SMARTS) is 1. The number of rotatable bonds is 12. The van der Waals surface area contributed by atoms with E-state index in [1.165, 1.54) is 12.1 Å². The first-order chi connectivity index (χ1) is 17.6. The summed E-state index contributed by atoms with van der Waals surface area (Å²) in [5.41, 5.74) is -0.0407. The monoisotopic (exact) mass is 560 g/mol. The molecule has 0 saturated heterocycles. The van der Waals surface area contributed by atoms with Crippen LogP contribution >= 0.6 is 0 Å². The molecule has 1 amide bonds. The van der Waals surface area contributed by atoms with Crippen molar-refractivity contribution >= 4 is 22.1 Å². The Bertz CT molecular complexity index is 1180. The fraction of sp³-hybridized carbons (Fsp3) is 0.440. The molecule has 38 heavy (non-hydrogen) atoms. The third kappa shape index (κ3) is 10.2. The van der Waals surface area contributed by atoms with E-state index in [1.54, 1.807) is 51.1 Å². The quantitative estimate of drug-likeness (QED) is 0.365. The number of sulfonamides is 1. The van der Waals surface area contributed by atoms with Crippen molar-refractivity contribution < 1.29 is 45.8 Å². The minimum Gasteiger partial charge on any atom is -0.480 e. The number of nitrogens with zero attached hydrogens (tertiary/aromatic N) is 1. The number of para-hydroxylation sites is 1. The van der Waals surface area contributed by atoms with Crippen LogP contribution in [0, 0.1) is 0 Å². The topological polar surface area (TPSA) is 122 Å². The molecule has 0 aliphatic carbocycles. The fourth-order valence-electron chi connectivity index (χ4n) is 3.62. The van der Waals surface area contributed by atoms with E-state index in [9.17, 15) is 36.3 Å². The lowest BCUT2D eigenvalue weighted by molar-refractivity contribution is -0.275. The van der Waals surface area contributed by atoms with E-state index < -0.39 is 57.3 Å². The molecule has 0 spiro atoms. The molecule has 9 nitrogen and oxygen atoms in total. The largest absolute Gasteiger partial charge is 0.573 e. The molecule has 0 bridgehead atoms.